The molecule has 9 aromatic carbocycles. The molecule has 1 spiro atoms. The van der Waals surface area contributed by atoms with Gasteiger partial charge in [-0.2, -0.15) is 0 Å². The molecule has 2 aliphatic rings. The van der Waals surface area contributed by atoms with Gasteiger partial charge < -0.3 is 0 Å². The van der Waals surface area contributed by atoms with Gasteiger partial charge in [0.15, 0.2) is 17.5 Å². The lowest BCUT2D eigenvalue weighted by molar-refractivity contribution is 0.794. The summed E-state index contributed by atoms with van der Waals surface area (Å²) in [5.74, 6) is 1.99. The van der Waals surface area contributed by atoms with Crippen molar-refractivity contribution in [2.24, 2.45) is 0 Å². The van der Waals surface area contributed by atoms with Crippen molar-refractivity contribution in [3.05, 3.63) is 235 Å². The second-order valence-corrected chi connectivity index (χ2v) is 17.3. The van der Waals surface area contributed by atoms with Crippen LogP contribution < -0.4 is 0 Å². The summed E-state index contributed by atoms with van der Waals surface area (Å²) in [4.78, 5) is 15.2. The number of nitrogens with zero attached hydrogens (tertiary/aromatic N) is 3. The van der Waals surface area contributed by atoms with Crippen molar-refractivity contribution in [2.75, 3.05) is 0 Å². The largest absolute Gasteiger partial charge is 0.208 e. The lowest BCUT2D eigenvalue weighted by atomic mass is 9.70. The number of thiophene rings is 1. The third-order valence-electron chi connectivity index (χ3n) is 13.0. The Morgan fingerprint density at radius 2 is 0.742 bits per heavy atom. The van der Waals surface area contributed by atoms with Gasteiger partial charge >= 0.3 is 0 Å². The molecule has 62 heavy (non-hydrogen) atoms. The van der Waals surface area contributed by atoms with Crippen LogP contribution in [0.15, 0.2) is 212 Å². The van der Waals surface area contributed by atoms with Crippen LogP contribution in [0.25, 0.3) is 98.8 Å². The topological polar surface area (TPSA) is 38.7 Å². The minimum Gasteiger partial charge on any atom is -0.208 e. The highest BCUT2D eigenvalue weighted by molar-refractivity contribution is 7.26. The lowest BCUT2D eigenvalue weighted by Crippen LogP contribution is -2.25. The van der Waals surface area contributed by atoms with Crippen LogP contribution in [0.2, 0.25) is 0 Å². The molecule has 2 heterocycles. The summed E-state index contributed by atoms with van der Waals surface area (Å²) >= 11 is 1.81. The van der Waals surface area contributed by atoms with Gasteiger partial charge in [0, 0.05) is 36.9 Å². The Morgan fingerprint density at radius 1 is 0.290 bits per heavy atom. The Hall–Kier alpha value is -7.79. The van der Waals surface area contributed by atoms with Crippen molar-refractivity contribution in [2.45, 2.75) is 5.41 Å². The first-order chi connectivity index (χ1) is 30.7. The molecule has 13 rings (SSSR count). The maximum Gasteiger partial charge on any atom is 0.164 e. The highest BCUT2D eigenvalue weighted by Crippen LogP contribution is 2.63. The molecule has 11 aromatic rings. The molecule has 0 radical (unpaired) electrons. The van der Waals surface area contributed by atoms with Crippen molar-refractivity contribution in [3.63, 3.8) is 0 Å². The van der Waals surface area contributed by atoms with Crippen molar-refractivity contribution in [1.82, 2.24) is 15.0 Å². The van der Waals surface area contributed by atoms with E-state index >= 15 is 0 Å². The molecule has 288 valence electrons. The van der Waals surface area contributed by atoms with Gasteiger partial charge in [-0.05, 0) is 91.0 Å². The van der Waals surface area contributed by atoms with Gasteiger partial charge in [-0.25, -0.2) is 15.0 Å². The Labute approximate surface area is 363 Å². The summed E-state index contributed by atoms with van der Waals surface area (Å²) in [5.41, 5.74) is 18.1. The fraction of sp³-hybridized carbons (Fsp3) is 0.0172. The first-order valence-corrected chi connectivity index (χ1v) is 21.9. The van der Waals surface area contributed by atoms with Gasteiger partial charge in [-0.3, -0.25) is 0 Å². The molecule has 2 aromatic heterocycles. The van der Waals surface area contributed by atoms with Crippen LogP contribution in [0.3, 0.4) is 0 Å². The van der Waals surface area contributed by atoms with Gasteiger partial charge in [0.25, 0.3) is 0 Å². The maximum absolute atomic E-state index is 5.11. The molecule has 0 N–H and O–H groups in total. The van der Waals surface area contributed by atoms with Crippen LogP contribution in [0.1, 0.15) is 22.3 Å². The van der Waals surface area contributed by atoms with Crippen molar-refractivity contribution >= 4 is 31.5 Å². The van der Waals surface area contributed by atoms with E-state index in [-0.39, 0.29) is 5.41 Å². The standard InChI is InChI=1S/C58H35N3S/c1-3-14-38(15-4-1)55-59-56(39-16-5-2-6-17-39)61-57(60-55)45-21-13-25-53-54(45)47-35-41(31-33-52(47)62-53)37-28-26-36(27-29-37)40-30-32-51-46(34-40)44-20-9-12-24-50(44)58(51)48-22-10-7-18-42(48)43-19-8-11-23-49(43)58/h1-35H. The Balaban J connectivity index is 0.897. The third-order valence-corrected chi connectivity index (χ3v) is 14.1. The van der Waals surface area contributed by atoms with E-state index in [9.17, 15) is 0 Å². The van der Waals surface area contributed by atoms with Crippen LogP contribution in [-0.2, 0) is 5.41 Å². The average molecular weight is 806 g/mol. The van der Waals surface area contributed by atoms with Gasteiger partial charge in [-0.15, -0.1) is 11.3 Å². The number of hydrogen-bond acceptors (Lipinski definition) is 4. The molecule has 0 aliphatic heterocycles. The van der Waals surface area contributed by atoms with Gasteiger partial charge in [0.1, 0.15) is 0 Å². The first-order valence-electron chi connectivity index (χ1n) is 21.1. The number of fused-ring (bicyclic) bond motifs is 13. The van der Waals surface area contributed by atoms with Crippen LogP contribution in [-0.4, -0.2) is 15.0 Å². The van der Waals surface area contributed by atoms with Gasteiger partial charge in [0.2, 0.25) is 0 Å². The number of rotatable bonds is 5. The molecular weight excluding hydrogens is 771 g/mol. The number of aromatic nitrogens is 3. The van der Waals surface area contributed by atoms with Gasteiger partial charge in [-0.1, -0.05) is 188 Å². The maximum atomic E-state index is 5.11. The van der Waals surface area contributed by atoms with E-state index in [0.717, 1.165) is 16.7 Å². The second kappa shape index (κ2) is 13.6. The quantitative estimate of drug-likeness (QED) is 0.174. The van der Waals surface area contributed by atoms with Crippen molar-refractivity contribution in [1.29, 1.82) is 0 Å². The molecule has 0 amide bonds. The zero-order chi connectivity index (χ0) is 40.8. The molecule has 0 saturated heterocycles. The lowest BCUT2D eigenvalue weighted by Gasteiger charge is -2.30. The molecule has 0 bridgehead atoms. The zero-order valence-corrected chi connectivity index (χ0v) is 34.3. The van der Waals surface area contributed by atoms with Crippen molar-refractivity contribution in [3.8, 4) is 78.7 Å². The molecule has 0 unspecified atom stereocenters. The zero-order valence-electron chi connectivity index (χ0n) is 33.5. The SMILES string of the molecule is c1ccc(-c2nc(-c3ccccc3)nc(-c3cccc4sc5ccc(-c6ccc(-c7ccc8c(c7)-c7ccccc7C87c8ccccc8-c8ccccc87)cc6)cc5c34)n2)cc1. The minimum atomic E-state index is -0.330. The molecule has 4 heteroatoms. The van der Waals surface area contributed by atoms with E-state index < -0.39 is 0 Å². The summed E-state index contributed by atoms with van der Waals surface area (Å²) in [6.45, 7) is 0. The Kier molecular flexibility index (Phi) is 7.69. The Bertz CT molecular complexity index is 3470. The summed E-state index contributed by atoms with van der Waals surface area (Å²) < 4.78 is 2.44. The minimum absolute atomic E-state index is 0.330. The van der Waals surface area contributed by atoms with Crippen LogP contribution in [0.5, 0.6) is 0 Å². The van der Waals surface area contributed by atoms with E-state index in [0.29, 0.717) is 17.5 Å². The summed E-state index contributed by atoms with van der Waals surface area (Å²) in [6, 6.07) is 76.9. The predicted octanol–water partition coefficient (Wildman–Crippen LogP) is 14.9. The smallest absolute Gasteiger partial charge is 0.164 e. The molecule has 0 atom stereocenters. The molecule has 0 fully saturated rings. The third kappa shape index (κ3) is 5.14. The second-order valence-electron chi connectivity index (χ2n) is 16.3. The number of hydrogen-bond donors (Lipinski definition) is 0. The monoisotopic (exact) mass is 805 g/mol. The Morgan fingerprint density at radius 3 is 1.34 bits per heavy atom. The highest BCUT2D eigenvalue weighted by Gasteiger charge is 2.51. The molecular formula is C58H35N3S. The first kappa shape index (κ1) is 35.0. The van der Waals surface area contributed by atoms with E-state index in [1.165, 1.54) is 86.9 Å². The van der Waals surface area contributed by atoms with Crippen molar-refractivity contribution < 1.29 is 0 Å². The molecule has 2 aliphatic carbocycles. The molecule has 3 nitrogen and oxygen atoms in total. The summed E-state index contributed by atoms with van der Waals surface area (Å²) in [5, 5.41) is 2.37. The average Bonchev–Trinajstić information content (AvgIpc) is 3.98. The summed E-state index contributed by atoms with van der Waals surface area (Å²) in [7, 11) is 0. The van der Waals surface area contributed by atoms with E-state index in [2.05, 4.69) is 176 Å². The van der Waals surface area contributed by atoms with E-state index in [4.69, 9.17) is 15.0 Å². The molecule has 0 saturated carbocycles. The van der Waals surface area contributed by atoms with E-state index in [1.54, 1.807) is 0 Å². The van der Waals surface area contributed by atoms with Crippen LogP contribution in [0.4, 0.5) is 0 Å². The highest BCUT2D eigenvalue weighted by atomic mass is 32.1. The van der Waals surface area contributed by atoms with Gasteiger partial charge in [0.05, 0.1) is 5.41 Å². The summed E-state index contributed by atoms with van der Waals surface area (Å²) in [6.07, 6.45) is 0. The van der Waals surface area contributed by atoms with Crippen LogP contribution >= 0.6 is 11.3 Å². The van der Waals surface area contributed by atoms with Crippen LogP contribution in [0, 0.1) is 0 Å². The van der Waals surface area contributed by atoms with E-state index in [1.807, 2.05) is 47.7 Å². The number of benzene rings is 9. The fourth-order valence-electron chi connectivity index (χ4n) is 10.3. The fourth-order valence-corrected chi connectivity index (χ4v) is 11.4. The normalized spacial score (nSPS) is 13.0. The predicted molar refractivity (Wildman–Crippen MR) is 256 cm³/mol.